The fourth-order valence-electron chi connectivity index (χ4n) is 2.36. The van der Waals surface area contributed by atoms with Gasteiger partial charge in [0.1, 0.15) is 6.23 Å². The minimum Gasteiger partial charge on any atom is -0.378 e. The van der Waals surface area contributed by atoms with Crippen molar-refractivity contribution in [2.45, 2.75) is 32.0 Å². The van der Waals surface area contributed by atoms with E-state index in [1.165, 1.54) is 11.1 Å². The molecule has 1 aromatic rings. The second-order valence-electron chi connectivity index (χ2n) is 4.67. The summed E-state index contributed by atoms with van der Waals surface area (Å²) in [7, 11) is 0. The molecule has 0 saturated carbocycles. The Morgan fingerprint density at radius 3 is 2.83 bits per heavy atom. The molecule has 5 nitrogen and oxygen atoms in total. The summed E-state index contributed by atoms with van der Waals surface area (Å²) in [5, 5.41) is 20.2. The first-order chi connectivity index (χ1) is 8.66. The van der Waals surface area contributed by atoms with Gasteiger partial charge in [0.15, 0.2) is 0 Å². The van der Waals surface area contributed by atoms with E-state index in [0.29, 0.717) is 12.8 Å². The molecule has 0 aromatic heterocycles. The summed E-state index contributed by atoms with van der Waals surface area (Å²) in [5.41, 5.74) is 2.59. The maximum absolute atomic E-state index is 10.2. The van der Waals surface area contributed by atoms with E-state index in [0.717, 1.165) is 19.5 Å². The number of rotatable bonds is 5. The summed E-state index contributed by atoms with van der Waals surface area (Å²) in [4.78, 5) is 11.9. The lowest BCUT2D eigenvalue weighted by molar-refractivity contribution is -0.480. The van der Waals surface area contributed by atoms with Crippen molar-refractivity contribution in [3.63, 3.8) is 0 Å². The third-order valence-electron chi connectivity index (χ3n) is 3.38. The van der Waals surface area contributed by atoms with Crippen LogP contribution in [0.5, 0.6) is 0 Å². The Balaban J connectivity index is 1.86. The molecule has 0 radical (unpaired) electrons. The number of hydrogen-bond donors (Lipinski definition) is 1. The van der Waals surface area contributed by atoms with E-state index < -0.39 is 6.23 Å². The van der Waals surface area contributed by atoms with Crippen molar-refractivity contribution in [3.8, 4) is 0 Å². The highest BCUT2D eigenvalue weighted by Crippen LogP contribution is 2.20. The molecule has 1 aliphatic rings. The lowest BCUT2D eigenvalue weighted by Gasteiger charge is -2.32. The summed E-state index contributed by atoms with van der Waals surface area (Å²) >= 11 is 0. The Hall–Kier alpha value is -1.46. The molecule has 1 N–H and O–H groups in total. The van der Waals surface area contributed by atoms with Gasteiger partial charge in [0.25, 0.3) is 0 Å². The molecule has 98 valence electrons. The van der Waals surface area contributed by atoms with Crippen LogP contribution in [0.25, 0.3) is 0 Å². The monoisotopic (exact) mass is 250 g/mol. The van der Waals surface area contributed by atoms with E-state index in [-0.39, 0.29) is 11.5 Å². The van der Waals surface area contributed by atoms with Crippen LogP contribution in [0.1, 0.15) is 24.0 Å². The zero-order valence-electron chi connectivity index (χ0n) is 10.3. The minimum atomic E-state index is -0.571. The molecule has 1 heterocycles. The Morgan fingerprint density at radius 1 is 1.39 bits per heavy atom. The van der Waals surface area contributed by atoms with E-state index in [9.17, 15) is 15.2 Å². The average Bonchev–Trinajstić information content (AvgIpc) is 2.37. The number of benzene rings is 1. The summed E-state index contributed by atoms with van der Waals surface area (Å²) in [6.45, 7) is 1.48. The van der Waals surface area contributed by atoms with E-state index in [1.807, 2.05) is 17.0 Å². The molecule has 0 aliphatic carbocycles. The summed E-state index contributed by atoms with van der Waals surface area (Å²) in [6, 6.07) is 8.22. The second kappa shape index (κ2) is 5.93. The molecule has 18 heavy (non-hydrogen) atoms. The van der Waals surface area contributed by atoms with Crippen molar-refractivity contribution in [2.24, 2.45) is 0 Å². The van der Waals surface area contributed by atoms with Gasteiger partial charge in [0.2, 0.25) is 6.54 Å². The second-order valence-corrected chi connectivity index (χ2v) is 4.67. The van der Waals surface area contributed by atoms with Crippen molar-refractivity contribution in [1.29, 1.82) is 0 Å². The molecular weight excluding hydrogens is 232 g/mol. The molecule has 0 saturated heterocycles. The Kier molecular flexibility index (Phi) is 4.28. The van der Waals surface area contributed by atoms with Gasteiger partial charge in [-0.15, -0.1) is 0 Å². The minimum absolute atomic E-state index is 0.0680. The van der Waals surface area contributed by atoms with Gasteiger partial charge in [-0.3, -0.25) is 15.0 Å². The summed E-state index contributed by atoms with van der Waals surface area (Å²) in [6.07, 6.45) is 1.25. The number of hydrogen-bond acceptors (Lipinski definition) is 4. The van der Waals surface area contributed by atoms with E-state index >= 15 is 0 Å². The summed E-state index contributed by atoms with van der Waals surface area (Å²) in [5.74, 6) is 0. The van der Waals surface area contributed by atoms with E-state index in [1.54, 1.807) is 0 Å². The average molecular weight is 250 g/mol. The molecule has 1 aliphatic heterocycles. The van der Waals surface area contributed by atoms with Crippen molar-refractivity contribution in [3.05, 3.63) is 45.5 Å². The molecule has 1 unspecified atom stereocenters. The zero-order chi connectivity index (χ0) is 13.0. The topological polar surface area (TPSA) is 66.6 Å². The smallest absolute Gasteiger partial charge is 0.204 e. The standard InChI is InChI=1S/C13H18N2O3/c16-13(6-3-8-15(17)18)14-9-7-11-4-1-2-5-12(11)10-14/h1-2,4-5,13,16H,3,6-10H2. The first kappa shape index (κ1) is 13.0. The molecule has 5 heteroatoms. The number of fused-ring (bicyclic) bond motifs is 1. The Morgan fingerprint density at radius 2 is 2.11 bits per heavy atom. The highest BCUT2D eigenvalue weighted by Gasteiger charge is 2.21. The number of nitrogens with zero attached hydrogens (tertiary/aromatic N) is 2. The molecule has 0 spiro atoms. The van der Waals surface area contributed by atoms with Gasteiger partial charge < -0.3 is 5.11 Å². The highest BCUT2D eigenvalue weighted by atomic mass is 16.6. The van der Waals surface area contributed by atoms with Crippen LogP contribution in [0.4, 0.5) is 0 Å². The van der Waals surface area contributed by atoms with Crippen LogP contribution in [0.3, 0.4) is 0 Å². The fourth-order valence-corrected chi connectivity index (χ4v) is 2.36. The molecule has 1 atom stereocenters. The van der Waals surface area contributed by atoms with Crippen molar-refractivity contribution < 1.29 is 10.0 Å². The zero-order valence-corrected chi connectivity index (χ0v) is 10.3. The Bertz CT molecular complexity index is 422. The maximum atomic E-state index is 10.2. The van der Waals surface area contributed by atoms with E-state index in [2.05, 4.69) is 12.1 Å². The molecular formula is C13H18N2O3. The first-order valence-corrected chi connectivity index (χ1v) is 6.27. The number of aliphatic hydroxyl groups is 1. The van der Waals surface area contributed by atoms with Crippen LogP contribution >= 0.6 is 0 Å². The predicted octanol–water partition coefficient (Wildman–Crippen LogP) is 1.42. The normalized spacial score (nSPS) is 17.2. The first-order valence-electron chi connectivity index (χ1n) is 6.27. The Labute approximate surface area is 106 Å². The molecule has 0 fully saturated rings. The SMILES string of the molecule is O=[N+]([O-])CCCC(O)N1CCc2ccccc2C1. The lowest BCUT2D eigenvalue weighted by Crippen LogP contribution is -2.39. The molecule has 1 aromatic carbocycles. The molecule has 0 amide bonds. The van der Waals surface area contributed by atoms with Crippen LogP contribution in [-0.4, -0.2) is 34.2 Å². The van der Waals surface area contributed by atoms with Crippen molar-refractivity contribution in [1.82, 2.24) is 4.90 Å². The number of aliphatic hydroxyl groups excluding tert-OH is 1. The quantitative estimate of drug-likeness (QED) is 0.634. The predicted molar refractivity (Wildman–Crippen MR) is 67.7 cm³/mol. The number of nitro groups is 1. The van der Waals surface area contributed by atoms with Gasteiger partial charge in [0, 0.05) is 24.4 Å². The molecule has 0 bridgehead atoms. The van der Waals surface area contributed by atoms with Crippen LogP contribution in [0.2, 0.25) is 0 Å². The van der Waals surface area contributed by atoms with Crippen molar-refractivity contribution >= 4 is 0 Å². The van der Waals surface area contributed by atoms with Crippen LogP contribution in [0.15, 0.2) is 24.3 Å². The third-order valence-corrected chi connectivity index (χ3v) is 3.38. The van der Waals surface area contributed by atoms with Gasteiger partial charge in [-0.1, -0.05) is 24.3 Å². The van der Waals surface area contributed by atoms with Crippen molar-refractivity contribution in [2.75, 3.05) is 13.1 Å². The van der Waals surface area contributed by atoms with Crippen LogP contribution < -0.4 is 0 Å². The van der Waals surface area contributed by atoms with Gasteiger partial charge >= 0.3 is 0 Å². The van der Waals surface area contributed by atoms with Gasteiger partial charge in [-0.05, 0) is 24.0 Å². The van der Waals surface area contributed by atoms with Crippen LogP contribution in [-0.2, 0) is 13.0 Å². The largest absolute Gasteiger partial charge is 0.378 e. The molecule has 2 rings (SSSR count). The van der Waals surface area contributed by atoms with Gasteiger partial charge in [0.05, 0.1) is 0 Å². The van der Waals surface area contributed by atoms with Gasteiger partial charge in [-0.25, -0.2) is 0 Å². The van der Waals surface area contributed by atoms with E-state index in [4.69, 9.17) is 0 Å². The summed E-state index contributed by atoms with van der Waals surface area (Å²) < 4.78 is 0. The fraction of sp³-hybridized carbons (Fsp3) is 0.538. The highest BCUT2D eigenvalue weighted by molar-refractivity contribution is 5.29. The maximum Gasteiger partial charge on any atom is 0.204 e. The van der Waals surface area contributed by atoms with Gasteiger partial charge in [-0.2, -0.15) is 0 Å². The third kappa shape index (κ3) is 3.27. The lowest BCUT2D eigenvalue weighted by atomic mass is 9.99. The van der Waals surface area contributed by atoms with Crippen LogP contribution in [0, 0.1) is 10.1 Å².